The third kappa shape index (κ3) is 2.68. The normalized spacial score (nSPS) is 28.3. The van der Waals surface area contributed by atoms with E-state index in [1.165, 1.54) is 0 Å². The molecule has 0 bridgehead atoms. The minimum absolute atomic E-state index is 0.155. The highest BCUT2D eigenvalue weighted by Gasteiger charge is 2.36. The molecule has 3 heterocycles. The molecule has 1 saturated heterocycles. The molecule has 2 unspecified atom stereocenters. The number of fused-ring (bicyclic) bond motifs is 1. The molecule has 1 N–H and O–H groups in total. The Morgan fingerprint density at radius 3 is 3.21 bits per heavy atom. The molecule has 2 atom stereocenters. The predicted octanol–water partition coefficient (Wildman–Crippen LogP) is 2.50. The number of ether oxygens (including phenoxy) is 1. The lowest BCUT2D eigenvalue weighted by Crippen LogP contribution is -2.44. The van der Waals surface area contributed by atoms with Crippen LogP contribution in [0, 0.1) is 5.92 Å². The van der Waals surface area contributed by atoms with Crippen LogP contribution in [-0.4, -0.2) is 32.8 Å². The van der Waals surface area contributed by atoms with Crippen molar-refractivity contribution in [1.82, 2.24) is 9.38 Å². The molecule has 19 heavy (non-hydrogen) atoms. The quantitative estimate of drug-likeness (QED) is 0.939. The van der Waals surface area contributed by atoms with E-state index in [4.69, 9.17) is 4.74 Å². The maximum absolute atomic E-state index is 10.8. The lowest BCUT2D eigenvalue weighted by molar-refractivity contribution is -0.116. The molecule has 0 saturated carbocycles. The van der Waals surface area contributed by atoms with Crippen molar-refractivity contribution in [2.75, 3.05) is 6.61 Å². The maximum Gasteiger partial charge on any atom is 0.193 e. The van der Waals surface area contributed by atoms with E-state index in [1.54, 1.807) is 11.3 Å². The van der Waals surface area contributed by atoms with Gasteiger partial charge in [0, 0.05) is 37.2 Å². The number of rotatable bonds is 3. The van der Waals surface area contributed by atoms with Gasteiger partial charge < -0.3 is 9.84 Å². The van der Waals surface area contributed by atoms with Crippen LogP contribution in [0.5, 0.6) is 0 Å². The number of aromatic nitrogens is 2. The number of imidazole rings is 1. The van der Waals surface area contributed by atoms with Gasteiger partial charge in [0.1, 0.15) is 0 Å². The first-order valence-corrected chi connectivity index (χ1v) is 7.69. The average Bonchev–Trinajstić information content (AvgIpc) is 2.88. The van der Waals surface area contributed by atoms with E-state index in [2.05, 4.69) is 18.8 Å². The Morgan fingerprint density at radius 2 is 2.47 bits per heavy atom. The van der Waals surface area contributed by atoms with Crippen LogP contribution >= 0.6 is 11.3 Å². The fourth-order valence-electron chi connectivity index (χ4n) is 2.72. The van der Waals surface area contributed by atoms with Crippen molar-refractivity contribution in [1.29, 1.82) is 0 Å². The van der Waals surface area contributed by atoms with Gasteiger partial charge in [-0.3, -0.25) is 4.40 Å². The van der Waals surface area contributed by atoms with Gasteiger partial charge in [-0.15, -0.1) is 11.3 Å². The first kappa shape index (κ1) is 13.1. The zero-order valence-electron chi connectivity index (χ0n) is 11.4. The Balaban J connectivity index is 1.75. The largest absolute Gasteiger partial charge is 0.389 e. The zero-order chi connectivity index (χ0) is 13.5. The standard InChI is InChI=1S/C14H20N2O2S/c1-10(2)12-8-14(17,3-5-18-12)7-11-9-16-4-6-19-13(16)15-11/h4,6,9-10,12,17H,3,5,7-8H2,1-2H3. The predicted molar refractivity (Wildman–Crippen MR) is 75.5 cm³/mol. The fraction of sp³-hybridized carbons (Fsp3) is 0.643. The number of thiazole rings is 1. The lowest BCUT2D eigenvalue weighted by atomic mass is 9.83. The smallest absolute Gasteiger partial charge is 0.193 e. The second-order valence-electron chi connectivity index (χ2n) is 5.83. The number of hydrogen-bond acceptors (Lipinski definition) is 4. The zero-order valence-corrected chi connectivity index (χ0v) is 12.2. The molecule has 0 aliphatic carbocycles. The Bertz CT molecular complexity index is 534. The summed E-state index contributed by atoms with van der Waals surface area (Å²) in [4.78, 5) is 5.55. The topological polar surface area (TPSA) is 46.8 Å². The second kappa shape index (κ2) is 4.89. The van der Waals surface area contributed by atoms with Gasteiger partial charge in [0.15, 0.2) is 4.96 Å². The third-order valence-electron chi connectivity index (χ3n) is 3.88. The summed E-state index contributed by atoms with van der Waals surface area (Å²) >= 11 is 1.62. The van der Waals surface area contributed by atoms with Crippen LogP contribution in [0.2, 0.25) is 0 Å². The number of aliphatic hydroxyl groups is 1. The van der Waals surface area contributed by atoms with Crippen LogP contribution in [0.1, 0.15) is 32.4 Å². The molecular weight excluding hydrogens is 260 g/mol. The summed E-state index contributed by atoms with van der Waals surface area (Å²) in [6.45, 7) is 4.92. The molecule has 2 aromatic heterocycles. The molecule has 104 valence electrons. The minimum atomic E-state index is -0.669. The van der Waals surface area contributed by atoms with Gasteiger partial charge in [-0.2, -0.15) is 0 Å². The van der Waals surface area contributed by atoms with E-state index in [9.17, 15) is 5.11 Å². The molecule has 3 rings (SSSR count). The van der Waals surface area contributed by atoms with Crippen molar-refractivity contribution in [2.24, 2.45) is 5.92 Å². The third-order valence-corrected chi connectivity index (χ3v) is 4.65. The summed E-state index contributed by atoms with van der Waals surface area (Å²) in [5.74, 6) is 0.442. The van der Waals surface area contributed by atoms with E-state index < -0.39 is 5.60 Å². The van der Waals surface area contributed by atoms with Crippen molar-refractivity contribution >= 4 is 16.3 Å². The van der Waals surface area contributed by atoms with E-state index in [0.29, 0.717) is 31.8 Å². The molecule has 4 nitrogen and oxygen atoms in total. The Hall–Kier alpha value is -0.910. The molecule has 1 fully saturated rings. The van der Waals surface area contributed by atoms with Crippen LogP contribution in [0.4, 0.5) is 0 Å². The highest BCUT2D eigenvalue weighted by molar-refractivity contribution is 7.15. The van der Waals surface area contributed by atoms with Gasteiger partial charge in [-0.25, -0.2) is 4.98 Å². The summed E-state index contributed by atoms with van der Waals surface area (Å²) in [6, 6.07) is 0. The summed E-state index contributed by atoms with van der Waals surface area (Å²) < 4.78 is 7.75. The maximum atomic E-state index is 10.8. The van der Waals surface area contributed by atoms with Crippen molar-refractivity contribution in [3.8, 4) is 0 Å². The summed E-state index contributed by atoms with van der Waals surface area (Å²) in [7, 11) is 0. The molecule has 2 aromatic rings. The van der Waals surface area contributed by atoms with Gasteiger partial charge in [0.05, 0.1) is 17.4 Å². The molecular formula is C14H20N2O2S. The highest BCUT2D eigenvalue weighted by Crippen LogP contribution is 2.31. The van der Waals surface area contributed by atoms with Crippen LogP contribution in [-0.2, 0) is 11.2 Å². The number of hydrogen-bond donors (Lipinski definition) is 1. The van der Waals surface area contributed by atoms with E-state index in [-0.39, 0.29) is 6.10 Å². The highest BCUT2D eigenvalue weighted by atomic mass is 32.1. The molecule has 1 aliphatic rings. The lowest BCUT2D eigenvalue weighted by Gasteiger charge is -2.38. The van der Waals surface area contributed by atoms with E-state index in [1.807, 2.05) is 22.2 Å². The average molecular weight is 280 g/mol. The van der Waals surface area contributed by atoms with Crippen LogP contribution < -0.4 is 0 Å². The minimum Gasteiger partial charge on any atom is -0.389 e. The Labute approximate surface area is 117 Å². The molecule has 1 aliphatic heterocycles. The Kier molecular flexibility index (Phi) is 3.37. The first-order valence-electron chi connectivity index (χ1n) is 6.81. The summed E-state index contributed by atoms with van der Waals surface area (Å²) in [6.07, 6.45) is 6.19. The van der Waals surface area contributed by atoms with Crippen LogP contribution in [0.15, 0.2) is 17.8 Å². The fourth-order valence-corrected chi connectivity index (χ4v) is 3.44. The summed E-state index contributed by atoms with van der Waals surface area (Å²) in [5.41, 5.74) is 0.302. The van der Waals surface area contributed by atoms with Gasteiger partial charge in [-0.05, 0) is 12.3 Å². The van der Waals surface area contributed by atoms with Crippen molar-refractivity contribution in [2.45, 2.75) is 44.8 Å². The monoisotopic (exact) mass is 280 g/mol. The van der Waals surface area contributed by atoms with Crippen LogP contribution in [0.3, 0.4) is 0 Å². The molecule has 5 heteroatoms. The SMILES string of the molecule is CC(C)C1CC(O)(Cc2cn3ccsc3n2)CCO1. The number of nitrogens with zero attached hydrogens (tertiary/aromatic N) is 2. The molecule has 0 radical (unpaired) electrons. The van der Waals surface area contributed by atoms with Crippen LogP contribution in [0.25, 0.3) is 4.96 Å². The van der Waals surface area contributed by atoms with Gasteiger partial charge in [0.2, 0.25) is 0 Å². The Morgan fingerprint density at radius 1 is 1.63 bits per heavy atom. The van der Waals surface area contributed by atoms with Gasteiger partial charge in [-0.1, -0.05) is 13.8 Å². The van der Waals surface area contributed by atoms with Crippen molar-refractivity contribution in [3.63, 3.8) is 0 Å². The van der Waals surface area contributed by atoms with Gasteiger partial charge in [0.25, 0.3) is 0 Å². The van der Waals surface area contributed by atoms with Crippen molar-refractivity contribution in [3.05, 3.63) is 23.5 Å². The van der Waals surface area contributed by atoms with E-state index >= 15 is 0 Å². The van der Waals surface area contributed by atoms with Crippen molar-refractivity contribution < 1.29 is 9.84 Å². The summed E-state index contributed by atoms with van der Waals surface area (Å²) in [5, 5.41) is 12.8. The van der Waals surface area contributed by atoms with Gasteiger partial charge >= 0.3 is 0 Å². The first-order chi connectivity index (χ1) is 9.06. The molecule has 0 amide bonds. The molecule has 0 spiro atoms. The van der Waals surface area contributed by atoms with E-state index in [0.717, 1.165) is 10.7 Å². The second-order valence-corrected chi connectivity index (χ2v) is 6.71. The molecule has 0 aromatic carbocycles.